The first-order valence-corrected chi connectivity index (χ1v) is 15.5. The van der Waals surface area contributed by atoms with Gasteiger partial charge in [-0.15, -0.1) is 0 Å². The smallest absolute Gasteiger partial charge is 0.435 e. The summed E-state index contributed by atoms with van der Waals surface area (Å²) in [6, 6.07) is 15.8. The van der Waals surface area contributed by atoms with Crippen molar-refractivity contribution in [3.8, 4) is 5.75 Å². The minimum Gasteiger partial charge on any atom is -0.495 e. The second kappa shape index (κ2) is 16.7. The number of fused-ring (bicyclic) bond motifs is 1. The van der Waals surface area contributed by atoms with Crippen molar-refractivity contribution in [2.45, 2.75) is 46.1 Å². The standard InChI is InChI=1S/C34H41N7O6/c1-5-7-10-19-47-34(44)39-32(35)23-12-14-25(28(21-23)45-4)37-22-30-38-26-20-24(13-15-27(26)40(30)3)33(43)41(18-16-31(42)46-6-2)29-11-8-9-17-36-29/h8-9,11-15,17,20-21,37H,5-7,10,16,18-19,22H2,1-4H3,(H2,35,39,44). The first kappa shape index (κ1) is 34.4. The third-order valence-corrected chi connectivity index (χ3v) is 7.36. The zero-order valence-corrected chi connectivity index (χ0v) is 27.2. The average molecular weight is 644 g/mol. The molecule has 0 aliphatic rings. The Balaban J connectivity index is 1.48. The number of ether oxygens (including phenoxy) is 3. The van der Waals surface area contributed by atoms with Crippen molar-refractivity contribution in [3.63, 3.8) is 0 Å². The minimum absolute atomic E-state index is 0.0264. The van der Waals surface area contributed by atoms with Crippen LogP contribution >= 0.6 is 0 Å². The molecule has 0 radical (unpaired) electrons. The van der Waals surface area contributed by atoms with Crippen LogP contribution in [0.5, 0.6) is 5.75 Å². The number of aryl methyl sites for hydroxylation is 1. The summed E-state index contributed by atoms with van der Waals surface area (Å²) in [5.41, 5.74) is 9.14. The Labute approximate surface area is 273 Å². The van der Waals surface area contributed by atoms with E-state index in [0.717, 1.165) is 24.8 Å². The highest BCUT2D eigenvalue weighted by Gasteiger charge is 2.22. The number of methoxy groups -OCH3 is 1. The van der Waals surface area contributed by atoms with Gasteiger partial charge in [-0.1, -0.05) is 25.8 Å². The van der Waals surface area contributed by atoms with Gasteiger partial charge in [0, 0.05) is 30.9 Å². The van der Waals surface area contributed by atoms with E-state index in [2.05, 4.69) is 22.2 Å². The van der Waals surface area contributed by atoms with Crippen LogP contribution in [0.15, 0.2) is 65.8 Å². The van der Waals surface area contributed by atoms with Crippen LogP contribution in [-0.2, 0) is 27.9 Å². The number of rotatable bonds is 15. The summed E-state index contributed by atoms with van der Waals surface area (Å²) in [5, 5.41) is 3.34. The molecule has 2 aromatic heterocycles. The Morgan fingerprint density at radius 3 is 2.55 bits per heavy atom. The summed E-state index contributed by atoms with van der Waals surface area (Å²) in [4.78, 5) is 52.2. The highest BCUT2D eigenvalue weighted by molar-refractivity contribution is 6.07. The molecular formula is C34H41N7O6. The maximum atomic E-state index is 13.7. The van der Waals surface area contributed by atoms with Crippen molar-refractivity contribution in [2.24, 2.45) is 17.8 Å². The first-order valence-electron chi connectivity index (χ1n) is 15.5. The molecule has 0 spiro atoms. The van der Waals surface area contributed by atoms with E-state index in [1.54, 1.807) is 61.7 Å². The monoisotopic (exact) mass is 643 g/mol. The number of hydrogen-bond donors (Lipinski definition) is 2. The molecule has 4 aromatic rings. The SMILES string of the molecule is CCCCCOC(=O)N=C(N)c1ccc(NCc2nc3cc(C(=O)N(CCC(=O)OCC)c4ccccn4)ccc3n2C)c(OC)c1. The molecule has 2 amide bonds. The van der Waals surface area contributed by atoms with Gasteiger partial charge >= 0.3 is 12.1 Å². The lowest BCUT2D eigenvalue weighted by molar-refractivity contribution is -0.142. The number of hydrogen-bond acceptors (Lipinski definition) is 9. The van der Waals surface area contributed by atoms with Gasteiger partial charge in [0.15, 0.2) is 0 Å². The molecule has 2 heterocycles. The van der Waals surface area contributed by atoms with Crippen LogP contribution in [0.2, 0.25) is 0 Å². The molecule has 47 heavy (non-hydrogen) atoms. The molecule has 248 valence electrons. The number of nitrogens with two attached hydrogens (primary N) is 1. The molecule has 0 aliphatic heterocycles. The number of imidazole rings is 1. The van der Waals surface area contributed by atoms with Gasteiger partial charge in [0.2, 0.25) is 0 Å². The third kappa shape index (κ3) is 9.06. The largest absolute Gasteiger partial charge is 0.495 e. The maximum absolute atomic E-state index is 13.7. The van der Waals surface area contributed by atoms with E-state index in [9.17, 15) is 14.4 Å². The zero-order chi connectivity index (χ0) is 33.8. The van der Waals surface area contributed by atoms with Crippen molar-refractivity contribution in [1.82, 2.24) is 14.5 Å². The van der Waals surface area contributed by atoms with Gasteiger partial charge in [-0.05, 0) is 61.9 Å². The number of amides is 2. The second-order valence-electron chi connectivity index (χ2n) is 10.6. The molecule has 3 N–H and O–H groups in total. The van der Waals surface area contributed by atoms with Crippen LogP contribution in [0.25, 0.3) is 11.0 Å². The van der Waals surface area contributed by atoms with Gasteiger partial charge in [-0.25, -0.2) is 14.8 Å². The number of carbonyl (C=O) groups is 3. The average Bonchev–Trinajstić information content (AvgIpc) is 3.40. The molecule has 13 heteroatoms. The molecule has 0 unspecified atom stereocenters. The van der Waals surface area contributed by atoms with Crippen LogP contribution < -0.4 is 20.7 Å². The Hall–Kier alpha value is -5.46. The highest BCUT2D eigenvalue weighted by Crippen LogP contribution is 2.27. The summed E-state index contributed by atoms with van der Waals surface area (Å²) in [6.45, 7) is 4.84. The first-order chi connectivity index (χ1) is 22.7. The number of amidine groups is 1. The molecule has 0 fully saturated rings. The van der Waals surface area contributed by atoms with E-state index >= 15 is 0 Å². The fourth-order valence-electron chi connectivity index (χ4n) is 4.84. The molecule has 2 aromatic carbocycles. The van der Waals surface area contributed by atoms with Crippen molar-refractivity contribution >= 4 is 46.3 Å². The van der Waals surface area contributed by atoms with Crippen molar-refractivity contribution in [2.75, 3.05) is 37.1 Å². The summed E-state index contributed by atoms with van der Waals surface area (Å²) < 4.78 is 17.7. The Kier molecular flexibility index (Phi) is 12.3. The number of aromatic nitrogens is 3. The summed E-state index contributed by atoms with van der Waals surface area (Å²) in [7, 11) is 3.43. The lowest BCUT2D eigenvalue weighted by Crippen LogP contribution is -2.34. The van der Waals surface area contributed by atoms with Crippen molar-refractivity contribution in [1.29, 1.82) is 0 Å². The molecule has 0 saturated heterocycles. The molecule has 0 aliphatic carbocycles. The van der Waals surface area contributed by atoms with Crippen molar-refractivity contribution in [3.05, 3.63) is 77.7 Å². The Bertz CT molecular complexity index is 1720. The molecule has 0 bridgehead atoms. The predicted molar refractivity (Wildman–Crippen MR) is 180 cm³/mol. The van der Waals surface area contributed by atoms with Crippen LogP contribution in [0, 0.1) is 0 Å². The molecule has 0 saturated carbocycles. The maximum Gasteiger partial charge on any atom is 0.435 e. The second-order valence-corrected chi connectivity index (χ2v) is 10.6. The van der Waals surface area contributed by atoms with Gasteiger partial charge < -0.3 is 29.8 Å². The van der Waals surface area contributed by atoms with Gasteiger partial charge in [0.05, 0.1) is 50.0 Å². The minimum atomic E-state index is -0.729. The van der Waals surface area contributed by atoms with E-state index < -0.39 is 6.09 Å². The number of unbranched alkanes of at least 4 members (excludes halogenated alkanes) is 2. The zero-order valence-electron chi connectivity index (χ0n) is 27.2. The molecule has 13 nitrogen and oxygen atoms in total. The van der Waals surface area contributed by atoms with Gasteiger partial charge in [-0.3, -0.25) is 14.5 Å². The number of nitrogens with zero attached hydrogens (tertiary/aromatic N) is 5. The third-order valence-electron chi connectivity index (χ3n) is 7.36. The Morgan fingerprint density at radius 1 is 1.02 bits per heavy atom. The number of aliphatic imine (C=N–C) groups is 1. The quantitative estimate of drug-likeness (QED) is 0.0760. The molecular weight excluding hydrogens is 602 g/mol. The topological polar surface area (TPSA) is 163 Å². The Morgan fingerprint density at radius 2 is 1.83 bits per heavy atom. The van der Waals surface area contributed by atoms with E-state index in [4.69, 9.17) is 24.9 Å². The molecule has 0 atom stereocenters. The van der Waals surface area contributed by atoms with E-state index in [1.807, 2.05) is 17.7 Å². The summed E-state index contributed by atoms with van der Waals surface area (Å²) in [5.74, 6) is 0.978. The van der Waals surface area contributed by atoms with E-state index in [1.165, 1.54) is 12.0 Å². The number of carbonyl (C=O) groups excluding carboxylic acids is 3. The number of anilines is 2. The van der Waals surface area contributed by atoms with Crippen LogP contribution in [-0.4, -0.2) is 65.2 Å². The fraction of sp³-hybridized carbons (Fsp3) is 0.353. The van der Waals surface area contributed by atoms with Gasteiger partial charge in [-0.2, -0.15) is 4.99 Å². The lowest BCUT2D eigenvalue weighted by Gasteiger charge is -2.21. The predicted octanol–water partition coefficient (Wildman–Crippen LogP) is 5.22. The van der Waals surface area contributed by atoms with E-state index in [0.29, 0.717) is 52.9 Å². The number of nitrogens with one attached hydrogen (secondary N) is 1. The summed E-state index contributed by atoms with van der Waals surface area (Å²) >= 11 is 0. The number of esters is 1. The highest BCUT2D eigenvalue weighted by atomic mass is 16.5. The van der Waals surface area contributed by atoms with E-state index in [-0.39, 0.29) is 37.3 Å². The van der Waals surface area contributed by atoms with Crippen LogP contribution in [0.3, 0.4) is 0 Å². The van der Waals surface area contributed by atoms with Gasteiger partial charge in [0.1, 0.15) is 23.2 Å². The van der Waals surface area contributed by atoms with Gasteiger partial charge in [0.25, 0.3) is 5.91 Å². The normalized spacial score (nSPS) is 11.3. The fourth-order valence-corrected chi connectivity index (χ4v) is 4.84. The van der Waals surface area contributed by atoms with Crippen molar-refractivity contribution < 1.29 is 28.6 Å². The lowest BCUT2D eigenvalue weighted by atomic mass is 10.1. The van der Waals surface area contributed by atoms with Crippen LogP contribution in [0.4, 0.5) is 16.3 Å². The number of benzene rings is 2. The molecule has 4 rings (SSSR count). The number of pyridine rings is 1. The van der Waals surface area contributed by atoms with Crippen LogP contribution in [0.1, 0.15) is 61.3 Å². The summed E-state index contributed by atoms with van der Waals surface area (Å²) in [6.07, 6.45) is 3.67.